The number of anilines is 1. The van der Waals surface area contributed by atoms with Gasteiger partial charge in [0.15, 0.2) is 0 Å². The first kappa shape index (κ1) is 22.5. The van der Waals surface area contributed by atoms with Crippen molar-refractivity contribution >= 4 is 23.6 Å². The number of rotatable bonds is 2. The van der Waals surface area contributed by atoms with Crippen molar-refractivity contribution in [1.82, 2.24) is 15.5 Å². The van der Waals surface area contributed by atoms with Gasteiger partial charge in [0.25, 0.3) is 0 Å². The van der Waals surface area contributed by atoms with E-state index < -0.39 is 12.1 Å². The molecule has 0 radical (unpaired) electrons. The molecule has 0 saturated carbocycles. The third kappa shape index (κ3) is 6.34. The van der Waals surface area contributed by atoms with Crippen molar-refractivity contribution in [3.8, 4) is 0 Å². The number of aliphatic carboxylic acids is 1. The Balaban J connectivity index is 0.000000370. The van der Waals surface area contributed by atoms with E-state index in [1.165, 1.54) is 0 Å². The largest absolute Gasteiger partial charge is 0.490 e. The summed E-state index contributed by atoms with van der Waals surface area (Å²) in [6.45, 7) is 5.27. The van der Waals surface area contributed by atoms with E-state index >= 15 is 0 Å². The third-order valence-corrected chi connectivity index (χ3v) is 4.61. The Kier molecular flexibility index (Phi) is 7.07. The van der Waals surface area contributed by atoms with Crippen molar-refractivity contribution in [2.45, 2.75) is 44.6 Å². The summed E-state index contributed by atoms with van der Waals surface area (Å²) in [4.78, 5) is 34.9. The summed E-state index contributed by atoms with van der Waals surface area (Å²) in [6.07, 6.45) is -4.28. The number of piperazine rings is 1. The van der Waals surface area contributed by atoms with Crippen LogP contribution >= 0.6 is 0 Å². The lowest BCUT2D eigenvalue weighted by Gasteiger charge is -2.33. The molecule has 0 aromatic heterocycles. The number of amides is 3. The summed E-state index contributed by atoms with van der Waals surface area (Å²) in [5.41, 5.74) is 1.92. The van der Waals surface area contributed by atoms with Gasteiger partial charge in [0.05, 0.1) is 12.1 Å². The topological polar surface area (TPSA) is 111 Å². The molecule has 0 bridgehead atoms. The van der Waals surface area contributed by atoms with Crippen LogP contribution in [0.1, 0.15) is 18.9 Å². The smallest absolute Gasteiger partial charge is 0.475 e. The van der Waals surface area contributed by atoms with Crippen LogP contribution in [0.15, 0.2) is 24.3 Å². The molecule has 8 nitrogen and oxygen atoms in total. The second-order valence-electron chi connectivity index (χ2n) is 6.97. The molecule has 3 amide bonds. The summed E-state index contributed by atoms with van der Waals surface area (Å²) in [5, 5.41) is 16.1. The molecule has 1 aromatic rings. The summed E-state index contributed by atoms with van der Waals surface area (Å²) in [5.74, 6) is -2.63. The van der Waals surface area contributed by atoms with Gasteiger partial charge in [-0.1, -0.05) is 17.7 Å². The van der Waals surface area contributed by atoms with Crippen LogP contribution in [0, 0.1) is 6.92 Å². The maximum Gasteiger partial charge on any atom is 0.490 e. The molecule has 2 fully saturated rings. The van der Waals surface area contributed by atoms with Gasteiger partial charge in [-0.2, -0.15) is 13.2 Å². The van der Waals surface area contributed by atoms with Crippen molar-refractivity contribution < 1.29 is 32.7 Å². The standard InChI is InChI=1S/C16H22N4O2.C2HF3O2/c1-10-3-5-12(6-4-10)18-16(22)19-13-7-14-8-17-11(2)15(21)20(14)9-13;3-2(4,5)1(6)7/h3-6,11,13-14,17H,7-9H2,1-2H3,(H2,18,19,22);(H,6,7)/t11?,13-,14?;/m0./s1. The van der Waals surface area contributed by atoms with Crippen molar-refractivity contribution in [1.29, 1.82) is 0 Å². The van der Waals surface area contributed by atoms with E-state index in [2.05, 4.69) is 16.0 Å². The number of benzene rings is 1. The van der Waals surface area contributed by atoms with Crippen molar-refractivity contribution in [3.05, 3.63) is 29.8 Å². The number of urea groups is 1. The molecule has 1 aromatic carbocycles. The average molecular weight is 416 g/mol. The minimum Gasteiger partial charge on any atom is -0.475 e. The van der Waals surface area contributed by atoms with E-state index in [1.807, 2.05) is 43.0 Å². The lowest BCUT2D eigenvalue weighted by atomic mass is 10.1. The molecule has 4 N–H and O–H groups in total. The quantitative estimate of drug-likeness (QED) is 0.587. The molecule has 3 atom stereocenters. The van der Waals surface area contributed by atoms with Gasteiger partial charge in [-0.25, -0.2) is 9.59 Å². The van der Waals surface area contributed by atoms with Crippen molar-refractivity contribution in [2.75, 3.05) is 18.4 Å². The Bertz CT molecular complexity index is 754. The zero-order valence-corrected chi connectivity index (χ0v) is 15.9. The van der Waals surface area contributed by atoms with Crippen LogP contribution in [0.25, 0.3) is 0 Å². The van der Waals surface area contributed by atoms with Gasteiger partial charge >= 0.3 is 18.2 Å². The molecular weight excluding hydrogens is 393 g/mol. The summed E-state index contributed by atoms with van der Waals surface area (Å²) in [6, 6.07) is 7.51. The first-order valence-corrected chi connectivity index (χ1v) is 8.95. The molecule has 11 heteroatoms. The molecule has 0 spiro atoms. The van der Waals surface area contributed by atoms with Crippen LogP contribution in [0.2, 0.25) is 0 Å². The Labute approximate surface area is 165 Å². The van der Waals surface area contributed by atoms with E-state index in [1.54, 1.807) is 0 Å². The fourth-order valence-corrected chi connectivity index (χ4v) is 3.12. The van der Waals surface area contributed by atoms with E-state index in [9.17, 15) is 22.8 Å². The van der Waals surface area contributed by atoms with Gasteiger partial charge in [-0.15, -0.1) is 0 Å². The van der Waals surface area contributed by atoms with Crippen molar-refractivity contribution in [2.24, 2.45) is 0 Å². The molecule has 0 aliphatic carbocycles. The zero-order valence-electron chi connectivity index (χ0n) is 15.9. The summed E-state index contributed by atoms with van der Waals surface area (Å²) in [7, 11) is 0. The first-order chi connectivity index (χ1) is 13.5. The van der Waals surface area contributed by atoms with E-state index in [0.29, 0.717) is 6.54 Å². The zero-order chi connectivity index (χ0) is 21.8. The predicted octanol–water partition coefficient (Wildman–Crippen LogP) is 1.71. The number of carbonyl (C=O) groups excluding carboxylic acids is 2. The highest BCUT2D eigenvalue weighted by Crippen LogP contribution is 2.21. The number of nitrogens with zero attached hydrogens (tertiary/aromatic N) is 1. The van der Waals surface area contributed by atoms with Crippen LogP contribution in [0.3, 0.4) is 0 Å². The molecule has 29 heavy (non-hydrogen) atoms. The molecule has 3 rings (SSSR count). The molecule has 2 heterocycles. The highest BCUT2D eigenvalue weighted by molar-refractivity contribution is 5.89. The van der Waals surface area contributed by atoms with Crippen LogP contribution < -0.4 is 16.0 Å². The molecule has 2 unspecified atom stereocenters. The monoisotopic (exact) mass is 416 g/mol. The average Bonchev–Trinajstić information content (AvgIpc) is 3.03. The Morgan fingerprint density at radius 3 is 2.38 bits per heavy atom. The minimum absolute atomic E-state index is 0.00602. The fraction of sp³-hybridized carbons (Fsp3) is 0.500. The summed E-state index contributed by atoms with van der Waals surface area (Å²) >= 11 is 0. The van der Waals surface area contributed by atoms with Crippen molar-refractivity contribution in [3.63, 3.8) is 0 Å². The Hall–Kier alpha value is -2.82. The fourth-order valence-electron chi connectivity index (χ4n) is 3.12. The molecule has 2 aliphatic heterocycles. The lowest BCUT2D eigenvalue weighted by molar-refractivity contribution is -0.192. The number of nitrogens with one attached hydrogen (secondary N) is 3. The van der Waals surface area contributed by atoms with E-state index in [-0.39, 0.29) is 30.1 Å². The number of alkyl halides is 3. The summed E-state index contributed by atoms with van der Waals surface area (Å²) < 4.78 is 31.7. The van der Waals surface area contributed by atoms with E-state index in [0.717, 1.165) is 24.2 Å². The van der Waals surface area contributed by atoms with E-state index in [4.69, 9.17) is 9.90 Å². The number of halogens is 3. The Morgan fingerprint density at radius 1 is 1.24 bits per heavy atom. The number of carbonyl (C=O) groups is 3. The lowest BCUT2D eigenvalue weighted by Crippen LogP contribution is -2.56. The van der Waals surface area contributed by atoms with Crippen LogP contribution in [0.4, 0.5) is 23.7 Å². The first-order valence-electron chi connectivity index (χ1n) is 8.95. The van der Waals surface area contributed by atoms with Crippen LogP contribution in [0.5, 0.6) is 0 Å². The molecule has 2 saturated heterocycles. The van der Waals surface area contributed by atoms with Gasteiger partial charge in [-0.05, 0) is 32.4 Å². The molecular formula is C18H23F3N4O4. The normalized spacial score (nSPS) is 23.6. The second-order valence-corrected chi connectivity index (χ2v) is 6.97. The van der Waals surface area contributed by atoms with Gasteiger partial charge in [-0.3, -0.25) is 4.79 Å². The highest BCUT2D eigenvalue weighted by atomic mass is 19.4. The SMILES string of the molecule is Cc1ccc(NC(=O)N[C@H]2CC3CNC(C)C(=O)N3C2)cc1.O=C(O)C(F)(F)F. The van der Waals surface area contributed by atoms with Gasteiger partial charge < -0.3 is 26.0 Å². The maximum absolute atomic E-state index is 12.1. The highest BCUT2D eigenvalue weighted by Gasteiger charge is 2.40. The predicted molar refractivity (Wildman–Crippen MR) is 98.4 cm³/mol. The second kappa shape index (κ2) is 9.12. The number of hydrogen-bond acceptors (Lipinski definition) is 4. The Morgan fingerprint density at radius 2 is 1.83 bits per heavy atom. The number of aryl methyl sites for hydroxylation is 1. The van der Waals surface area contributed by atoms with Crippen LogP contribution in [-0.4, -0.2) is 65.3 Å². The van der Waals surface area contributed by atoms with Gasteiger partial charge in [0.2, 0.25) is 5.91 Å². The minimum atomic E-state index is -5.08. The van der Waals surface area contributed by atoms with Crippen LogP contribution in [-0.2, 0) is 9.59 Å². The maximum atomic E-state index is 12.1. The third-order valence-electron chi connectivity index (χ3n) is 4.61. The number of carboxylic acid groups (broad SMARTS) is 1. The van der Waals surface area contributed by atoms with Gasteiger partial charge in [0.1, 0.15) is 0 Å². The van der Waals surface area contributed by atoms with Gasteiger partial charge in [0, 0.05) is 24.8 Å². The number of carboxylic acids is 1. The molecule has 2 aliphatic rings. The number of hydrogen-bond donors (Lipinski definition) is 4. The molecule has 160 valence electrons. The number of fused-ring (bicyclic) bond motifs is 1.